The molecule has 0 saturated carbocycles. The normalized spacial score (nSPS) is 9.40. The van der Waals surface area contributed by atoms with Gasteiger partial charge in [0, 0.05) is 0 Å². The number of carbonyl (C=O) groups excluding carboxylic acids is 2. The number of urea groups is 1. The number of benzene rings is 1. The number of hydrazine groups is 1. The number of hydrogen-bond donors (Lipinski definition) is 2. The Balaban J connectivity index is 2.91. The van der Waals surface area contributed by atoms with E-state index in [9.17, 15) is 9.59 Å². The molecule has 0 atom stereocenters. The number of rotatable bonds is 2. The average Bonchev–Trinajstić information content (AvgIpc) is 2.26. The summed E-state index contributed by atoms with van der Waals surface area (Å²) < 4.78 is 0. The Hall–Kier alpha value is -1.75. The third kappa shape index (κ3) is 3.14. The van der Waals surface area contributed by atoms with Gasteiger partial charge >= 0.3 is 6.03 Å². The first kappa shape index (κ1) is 11.3. The zero-order valence-corrected chi connectivity index (χ0v) is 8.57. The number of nitrogens with two attached hydrogens (primary N) is 1. The van der Waals surface area contributed by atoms with Gasteiger partial charge in [0.2, 0.25) is 0 Å². The molecular weight excluding hydrogens is 218 g/mol. The van der Waals surface area contributed by atoms with Crippen molar-refractivity contribution in [3.05, 3.63) is 30.3 Å². The van der Waals surface area contributed by atoms with Gasteiger partial charge in [-0.25, -0.2) is 15.2 Å². The first-order chi connectivity index (χ1) is 7.15. The van der Waals surface area contributed by atoms with Crippen LogP contribution in [-0.4, -0.2) is 17.8 Å². The number of hydrogen-bond acceptors (Lipinski definition) is 2. The summed E-state index contributed by atoms with van der Waals surface area (Å²) in [4.78, 5) is 22.0. The van der Waals surface area contributed by atoms with E-state index < -0.39 is 11.9 Å². The van der Waals surface area contributed by atoms with Gasteiger partial charge in [0.15, 0.2) is 0 Å². The molecule has 0 aliphatic rings. The van der Waals surface area contributed by atoms with E-state index in [1.807, 2.05) is 0 Å². The van der Waals surface area contributed by atoms with E-state index >= 15 is 0 Å². The van der Waals surface area contributed by atoms with Crippen LogP contribution >= 0.6 is 11.6 Å². The van der Waals surface area contributed by atoms with E-state index in [4.69, 9.17) is 17.3 Å². The number of primary amides is 1. The lowest BCUT2D eigenvalue weighted by Crippen LogP contribution is -2.49. The lowest BCUT2D eigenvalue weighted by molar-refractivity contribution is -0.116. The molecular formula is C9H10ClN3O2. The van der Waals surface area contributed by atoms with Gasteiger partial charge in [-0.15, -0.1) is 11.6 Å². The van der Waals surface area contributed by atoms with Crippen LogP contribution in [0.25, 0.3) is 0 Å². The quantitative estimate of drug-likeness (QED) is 0.580. The van der Waals surface area contributed by atoms with Gasteiger partial charge in [0.1, 0.15) is 5.88 Å². The standard InChI is InChI=1S/C9H10ClN3O2/c10-6-8(14)13(12-9(11)15)7-4-2-1-3-5-7/h1-5H,6H2,(H3,11,12,15). The van der Waals surface area contributed by atoms with Crippen molar-refractivity contribution in [2.75, 3.05) is 10.9 Å². The Kier molecular flexibility index (Phi) is 3.93. The molecule has 15 heavy (non-hydrogen) atoms. The summed E-state index contributed by atoms with van der Waals surface area (Å²) in [6.07, 6.45) is 0. The van der Waals surface area contributed by atoms with Crippen molar-refractivity contribution >= 4 is 29.2 Å². The van der Waals surface area contributed by atoms with E-state index in [0.29, 0.717) is 5.69 Å². The number of carbonyl (C=O) groups is 2. The van der Waals surface area contributed by atoms with Gasteiger partial charge in [-0.3, -0.25) is 4.79 Å². The van der Waals surface area contributed by atoms with Gasteiger partial charge in [0.05, 0.1) is 5.69 Å². The molecule has 5 nitrogen and oxygen atoms in total. The molecule has 0 radical (unpaired) electrons. The van der Waals surface area contributed by atoms with E-state index in [0.717, 1.165) is 5.01 Å². The van der Waals surface area contributed by atoms with E-state index in [2.05, 4.69) is 5.43 Å². The number of nitrogens with one attached hydrogen (secondary N) is 1. The van der Waals surface area contributed by atoms with Crippen molar-refractivity contribution in [3.63, 3.8) is 0 Å². The summed E-state index contributed by atoms with van der Waals surface area (Å²) in [5, 5.41) is 1.01. The van der Waals surface area contributed by atoms with Gasteiger partial charge in [-0.2, -0.15) is 0 Å². The Bertz CT molecular complexity index is 356. The average molecular weight is 228 g/mol. The lowest BCUT2D eigenvalue weighted by atomic mass is 10.3. The molecule has 0 heterocycles. The van der Waals surface area contributed by atoms with E-state index in [-0.39, 0.29) is 5.88 Å². The first-order valence-electron chi connectivity index (χ1n) is 4.15. The molecule has 1 rings (SSSR count). The maximum atomic E-state index is 11.4. The van der Waals surface area contributed by atoms with Crippen LogP contribution in [0.2, 0.25) is 0 Å². The van der Waals surface area contributed by atoms with Crippen LogP contribution in [0.1, 0.15) is 0 Å². The Morgan fingerprint density at radius 3 is 2.40 bits per heavy atom. The smallest absolute Gasteiger partial charge is 0.331 e. The number of nitrogens with zero attached hydrogens (tertiary/aromatic N) is 1. The monoisotopic (exact) mass is 227 g/mol. The number of anilines is 1. The van der Waals surface area contributed by atoms with Gasteiger partial charge < -0.3 is 5.73 Å². The maximum absolute atomic E-state index is 11.4. The van der Waals surface area contributed by atoms with Crippen molar-refractivity contribution in [3.8, 4) is 0 Å². The largest absolute Gasteiger partial charge is 0.350 e. The molecule has 0 aliphatic carbocycles. The highest BCUT2D eigenvalue weighted by atomic mass is 35.5. The second kappa shape index (κ2) is 5.21. The zero-order chi connectivity index (χ0) is 11.3. The van der Waals surface area contributed by atoms with Crippen LogP contribution in [0, 0.1) is 0 Å². The van der Waals surface area contributed by atoms with Crippen LogP contribution in [0.5, 0.6) is 0 Å². The summed E-state index contributed by atoms with van der Waals surface area (Å²) in [5.41, 5.74) is 7.62. The fourth-order valence-electron chi connectivity index (χ4n) is 1.02. The predicted octanol–water partition coefficient (Wildman–Crippen LogP) is 0.842. The Morgan fingerprint density at radius 2 is 1.93 bits per heavy atom. The van der Waals surface area contributed by atoms with Crippen molar-refractivity contribution in [1.29, 1.82) is 0 Å². The second-order valence-corrected chi connectivity index (χ2v) is 2.94. The Labute approximate surface area is 91.8 Å². The summed E-state index contributed by atoms with van der Waals surface area (Å²) >= 11 is 5.40. The minimum atomic E-state index is -0.822. The van der Waals surface area contributed by atoms with Gasteiger partial charge in [-0.05, 0) is 12.1 Å². The van der Waals surface area contributed by atoms with Crippen LogP contribution in [0.4, 0.5) is 10.5 Å². The van der Waals surface area contributed by atoms with Gasteiger partial charge in [0.25, 0.3) is 5.91 Å². The number of para-hydroxylation sites is 1. The summed E-state index contributed by atoms with van der Waals surface area (Å²) in [5.74, 6) is -0.698. The molecule has 3 N–H and O–H groups in total. The fraction of sp³-hybridized carbons (Fsp3) is 0.111. The minimum absolute atomic E-state index is 0.241. The Morgan fingerprint density at radius 1 is 1.33 bits per heavy atom. The fourth-order valence-corrected chi connectivity index (χ4v) is 1.14. The van der Waals surface area contributed by atoms with Crippen LogP contribution < -0.4 is 16.2 Å². The van der Waals surface area contributed by atoms with Crippen LogP contribution in [0.3, 0.4) is 0 Å². The van der Waals surface area contributed by atoms with Crippen LogP contribution in [0.15, 0.2) is 30.3 Å². The van der Waals surface area contributed by atoms with E-state index in [1.54, 1.807) is 30.3 Å². The van der Waals surface area contributed by atoms with Crippen molar-refractivity contribution in [2.45, 2.75) is 0 Å². The van der Waals surface area contributed by atoms with Crippen molar-refractivity contribution in [2.24, 2.45) is 5.73 Å². The second-order valence-electron chi connectivity index (χ2n) is 2.67. The van der Waals surface area contributed by atoms with Gasteiger partial charge in [-0.1, -0.05) is 18.2 Å². The third-order valence-electron chi connectivity index (χ3n) is 1.60. The summed E-state index contributed by atoms with van der Waals surface area (Å²) in [6.45, 7) is 0. The molecule has 6 heteroatoms. The number of amides is 3. The summed E-state index contributed by atoms with van der Waals surface area (Å²) in [7, 11) is 0. The molecule has 1 aromatic rings. The molecule has 0 unspecified atom stereocenters. The molecule has 0 aliphatic heterocycles. The molecule has 0 fully saturated rings. The number of halogens is 1. The third-order valence-corrected chi connectivity index (χ3v) is 1.83. The minimum Gasteiger partial charge on any atom is -0.350 e. The molecule has 1 aromatic carbocycles. The molecule has 0 saturated heterocycles. The maximum Gasteiger partial charge on any atom is 0.331 e. The van der Waals surface area contributed by atoms with E-state index in [1.165, 1.54) is 0 Å². The number of alkyl halides is 1. The molecule has 0 spiro atoms. The van der Waals surface area contributed by atoms with Crippen molar-refractivity contribution in [1.82, 2.24) is 5.43 Å². The molecule has 3 amide bonds. The predicted molar refractivity (Wildman–Crippen MR) is 57.4 cm³/mol. The first-order valence-corrected chi connectivity index (χ1v) is 4.68. The summed E-state index contributed by atoms with van der Waals surface area (Å²) in [6, 6.07) is 7.73. The highest BCUT2D eigenvalue weighted by Gasteiger charge is 2.15. The zero-order valence-electron chi connectivity index (χ0n) is 7.81. The van der Waals surface area contributed by atoms with Crippen LogP contribution in [-0.2, 0) is 4.79 Å². The highest BCUT2D eigenvalue weighted by Crippen LogP contribution is 2.11. The SMILES string of the molecule is NC(=O)NN(C(=O)CCl)c1ccccc1. The van der Waals surface area contributed by atoms with Crippen molar-refractivity contribution < 1.29 is 9.59 Å². The molecule has 0 bridgehead atoms. The lowest BCUT2D eigenvalue weighted by Gasteiger charge is -2.20. The molecule has 0 aromatic heterocycles. The molecule has 80 valence electrons. The highest BCUT2D eigenvalue weighted by molar-refractivity contribution is 6.29. The topological polar surface area (TPSA) is 75.4 Å².